The van der Waals surface area contributed by atoms with Gasteiger partial charge in [-0.3, -0.25) is 4.98 Å². The number of benzene rings is 1. The zero-order valence-electron chi connectivity index (χ0n) is 22.6. The number of piperazine rings is 1. The van der Waals surface area contributed by atoms with Crippen molar-refractivity contribution in [3.63, 3.8) is 0 Å². The summed E-state index contributed by atoms with van der Waals surface area (Å²) < 4.78 is 5.51. The average Bonchev–Trinajstić information content (AvgIpc) is 3.18. The molecule has 4 aromatic rings. The molecule has 0 atom stereocenters. The summed E-state index contributed by atoms with van der Waals surface area (Å²) in [5.74, 6) is 0.926. The van der Waals surface area contributed by atoms with Gasteiger partial charge in [0.05, 0.1) is 0 Å². The molecule has 37 heavy (non-hydrogen) atoms. The topological polar surface area (TPSA) is 74.4 Å². The molecule has 0 spiro atoms. The Morgan fingerprint density at radius 2 is 1.59 bits per heavy atom. The van der Waals surface area contributed by atoms with Gasteiger partial charge in [-0.15, -0.1) is 0 Å². The summed E-state index contributed by atoms with van der Waals surface area (Å²) in [6.45, 7) is 14.6. The fraction of sp³-hybridized carbons (Fsp3) is 0.367. The van der Waals surface area contributed by atoms with E-state index in [0.717, 1.165) is 58.2 Å². The molecule has 1 amide bonds. The van der Waals surface area contributed by atoms with Crippen LogP contribution in [0, 0.1) is 20.8 Å². The quantitative estimate of drug-likeness (QED) is 0.347. The number of rotatable bonds is 3. The molecule has 1 aromatic carbocycles. The molecule has 5 rings (SSSR count). The Balaban J connectivity index is 0.00000336. The van der Waals surface area contributed by atoms with Crippen molar-refractivity contribution in [3.8, 4) is 22.4 Å². The number of anilines is 1. The van der Waals surface area contributed by atoms with Crippen LogP contribution in [0.25, 0.3) is 33.3 Å². The highest BCUT2D eigenvalue weighted by atomic mass is 16.6. The second-order valence-electron chi connectivity index (χ2n) is 10.9. The number of hydrogen-bond acceptors (Lipinski definition) is 5. The third kappa shape index (κ3) is 5.31. The molecule has 4 heterocycles. The van der Waals surface area contributed by atoms with Gasteiger partial charge < -0.3 is 19.5 Å². The van der Waals surface area contributed by atoms with Gasteiger partial charge in [0.2, 0.25) is 0 Å². The van der Waals surface area contributed by atoms with E-state index >= 15 is 0 Å². The van der Waals surface area contributed by atoms with Gasteiger partial charge in [-0.1, -0.05) is 12.1 Å². The number of ether oxygens (including phenoxy) is 1. The van der Waals surface area contributed by atoms with Crippen LogP contribution < -0.4 is 4.90 Å². The SMILES string of the molecule is Cc1cc(-c2[nH]c3cc(-c4ccc(N5CCN(C(=O)OC(C)(C)C)CC5)nc4)ccc3c2C)cc(C)n1.[HH]. The third-order valence-electron chi connectivity index (χ3n) is 6.76. The van der Waals surface area contributed by atoms with Gasteiger partial charge in [0.15, 0.2) is 0 Å². The Labute approximate surface area is 220 Å². The molecule has 1 saturated heterocycles. The number of nitrogens with zero attached hydrogens (tertiary/aromatic N) is 4. The highest BCUT2D eigenvalue weighted by Crippen LogP contribution is 2.33. The van der Waals surface area contributed by atoms with E-state index in [4.69, 9.17) is 9.72 Å². The Kier molecular flexibility index (Phi) is 6.40. The molecule has 7 nitrogen and oxygen atoms in total. The molecule has 7 heteroatoms. The van der Waals surface area contributed by atoms with Crippen LogP contribution in [0.2, 0.25) is 0 Å². The van der Waals surface area contributed by atoms with E-state index in [0.29, 0.717) is 13.1 Å². The van der Waals surface area contributed by atoms with Crippen LogP contribution in [0.15, 0.2) is 48.7 Å². The van der Waals surface area contributed by atoms with Crippen molar-refractivity contribution in [1.82, 2.24) is 19.9 Å². The maximum absolute atomic E-state index is 12.3. The van der Waals surface area contributed by atoms with Crippen molar-refractivity contribution in [2.45, 2.75) is 47.1 Å². The summed E-state index contributed by atoms with van der Waals surface area (Å²) in [5.41, 5.74) is 8.41. The molecular weight excluding hydrogens is 462 g/mol. The van der Waals surface area contributed by atoms with Crippen molar-refractivity contribution in [2.24, 2.45) is 0 Å². The standard InChI is InChI=1S/C30H35N5O2.H2/c1-19-15-24(16-20(2)32-19)28-21(3)25-9-7-22(17-26(25)33-28)23-8-10-27(31-18-23)34-11-13-35(14-12-34)29(36)37-30(4,5)6;/h7-10,15-18,33H,11-14H2,1-6H3;1H. The lowest BCUT2D eigenvalue weighted by Crippen LogP contribution is -2.50. The van der Waals surface area contributed by atoms with Crippen LogP contribution in [-0.2, 0) is 4.74 Å². The highest BCUT2D eigenvalue weighted by Gasteiger charge is 2.26. The van der Waals surface area contributed by atoms with E-state index in [1.807, 2.05) is 40.8 Å². The lowest BCUT2D eigenvalue weighted by atomic mass is 10.0. The van der Waals surface area contributed by atoms with Crippen LogP contribution in [0.1, 0.15) is 39.1 Å². The minimum Gasteiger partial charge on any atom is -0.444 e. The van der Waals surface area contributed by atoms with Gasteiger partial charge in [0.25, 0.3) is 0 Å². The van der Waals surface area contributed by atoms with Crippen molar-refractivity contribution >= 4 is 22.8 Å². The number of aromatic amines is 1. The fourth-order valence-corrected chi connectivity index (χ4v) is 4.97. The molecule has 1 aliphatic rings. The molecular formula is C30H37N5O2. The largest absolute Gasteiger partial charge is 0.444 e. The number of amides is 1. The van der Waals surface area contributed by atoms with E-state index in [1.165, 1.54) is 10.9 Å². The molecule has 194 valence electrons. The lowest BCUT2D eigenvalue weighted by Gasteiger charge is -2.36. The Morgan fingerprint density at radius 3 is 2.22 bits per heavy atom. The number of nitrogens with one attached hydrogen (secondary N) is 1. The van der Waals surface area contributed by atoms with Crippen molar-refractivity contribution in [2.75, 3.05) is 31.1 Å². The van der Waals surface area contributed by atoms with E-state index in [1.54, 1.807) is 4.90 Å². The van der Waals surface area contributed by atoms with E-state index < -0.39 is 5.60 Å². The monoisotopic (exact) mass is 499 g/mol. The molecule has 1 N–H and O–H groups in total. The van der Waals surface area contributed by atoms with Crippen LogP contribution in [0.3, 0.4) is 0 Å². The number of fused-ring (bicyclic) bond motifs is 1. The summed E-state index contributed by atoms with van der Waals surface area (Å²) in [4.78, 5) is 29.2. The number of aromatic nitrogens is 3. The van der Waals surface area contributed by atoms with Gasteiger partial charge >= 0.3 is 6.09 Å². The van der Waals surface area contributed by atoms with E-state index in [2.05, 4.69) is 64.3 Å². The Bertz CT molecular complexity index is 1430. The first-order valence-electron chi connectivity index (χ1n) is 12.8. The molecule has 0 saturated carbocycles. The van der Waals surface area contributed by atoms with Crippen LogP contribution in [0.5, 0.6) is 0 Å². The van der Waals surface area contributed by atoms with Gasteiger partial charge in [0.1, 0.15) is 11.4 Å². The Morgan fingerprint density at radius 1 is 0.919 bits per heavy atom. The first-order valence-corrected chi connectivity index (χ1v) is 12.8. The first-order chi connectivity index (χ1) is 17.6. The third-order valence-corrected chi connectivity index (χ3v) is 6.76. The summed E-state index contributed by atoms with van der Waals surface area (Å²) in [6.07, 6.45) is 1.69. The summed E-state index contributed by atoms with van der Waals surface area (Å²) in [7, 11) is 0. The van der Waals surface area contributed by atoms with E-state index in [-0.39, 0.29) is 7.52 Å². The smallest absolute Gasteiger partial charge is 0.410 e. The van der Waals surface area contributed by atoms with Crippen LogP contribution in [0.4, 0.5) is 10.6 Å². The Hall–Kier alpha value is -3.87. The van der Waals surface area contributed by atoms with Gasteiger partial charge in [-0.05, 0) is 83.0 Å². The van der Waals surface area contributed by atoms with Crippen LogP contribution in [-0.4, -0.2) is 57.7 Å². The number of hydrogen-bond donors (Lipinski definition) is 1. The van der Waals surface area contributed by atoms with Gasteiger partial charge in [-0.25, -0.2) is 9.78 Å². The molecule has 0 bridgehead atoms. The second kappa shape index (κ2) is 9.54. The number of H-pyrrole nitrogens is 1. The van der Waals surface area contributed by atoms with Gasteiger partial charge in [-0.2, -0.15) is 0 Å². The molecule has 0 radical (unpaired) electrons. The fourth-order valence-electron chi connectivity index (χ4n) is 4.97. The number of carbonyl (C=O) groups excluding carboxylic acids is 1. The maximum Gasteiger partial charge on any atom is 0.410 e. The predicted octanol–water partition coefficient (Wildman–Crippen LogP) is 6.52. The molecule has 0 unspecified atom stereocenters. The first kappa shape index (κ1) is 24.8. The zero-order chi connectivity index (χ0) is 26.3. The molecule has 1 fully saturated rings. The van der Waals surface area contributed by atoms with Crippen LogP contribution >= 0.6 is 0 Å². The summed E-state index contributed by atoms with van der Waals surface area (Å²) >= 11 is 0. The number of pyridine rings is 2. The lowest BCUT2D eigenvalue weighted by molar-refractivity contribution is 0.0240. The second-order valence-corrected chi connectivity index (χ2v) is 10.9. The zero-order valence-corrected chi connectivity index (χ0v) is 22.6. The maximum atomic E-state index is 12.3. The minimum atomic E-state index is -0.480. The molecule has 1 aliphatic heterocycles. The predicted molar refractivity (Wildman–Crippen MR) is 151 cm³/mol. The number of aryl methyl sites for hydroxylation is 3. The van der Waals surface area contributed by atoms with Crippen molar-refractivity contribution in [1.29, 1.82) is 0 Å². The number of carbonyl (C=O) groups is 1. The summed E-state index contributed by atoms with van der Waals surface area (Å²) in [6, 6.07) is 15.0. The molecule has 3 aromatic heterocycles. The normalized spacial score (nSPS) is 14.3. The minimum absolute atomic E-state index is 0. The van der Waals surface area contributed by atoms with Gasteiger partial charge in [0, 0.05) is 72.9 Å². The highest BCUT2D eigenvalue weighted by molar-refractivity contribution is 5.93. The van der Waals surface area contributed by atoms with E-state index in [9.17, 15) is 4.79 Å². The summed E-state index contributed by atoms with van der Waals surface area (Å²) in [5, 5.41) is 1.22. The van der Waals surface area contributed by atoms with Crippen molar-refractivity contribution in [3.05, 3.63) is 65.6 Å². The average molecular weight is 500 g/mol. The van der Waals surface area contributed by atoms with Crippen molar-refractivity contribution < 1.29 is 11.0 Å². The molecule has 0 aliphatic carbocycles.